The summed E-state index contributed by atoms with van der Waals surface area (Å²) in [5.41, 5.74) is 0.618. The van der Waals surface area contributed by atoms with Crippen LogP contribution in [0.5, 0.6) is 5.75 Å². The monoisotopic (exact) mass is 331 g/mol. The molecule has 1 unspecified atom stereocenters. The predicted molar refractivity (Wildman–Crippen MR) is 84.3 cm³/mol. The normalized spacial score (nSPS) is 20.3. The highest BCUT2D eigenvalue weighted by Gasteiger charge is 2.36. The molecule has 1 amide bonds. The Hall–Kier alpha value is -2.48. The fourth-order valence-corrected chi connectivity index (χ4v) is 3.29. The number of amides is 1. The van der Waals surface area contributed by atoms with Crippen LogP contribution < -0.4 is 9.64 Å². The van der Waals surface area contributed by atoms with Gasteiger partial charge in [-0.3, -0.25) is 9.69 Å². The minimum Gasteiger partial charge on any atom is -0.489 e. The molecule has 1 atom stereocenters. The van der Waals surface area contributed by atoms with Crippen LogP contribution in [0.25, 0.3) is 0 Å². The van der Waals surface area contributed by atoms with Crippen molar-refractivity contribution in [1.82, 2.24) is 19.7 Å². The van der Waals surface area contributed by atoms with Crippen LogP contribution in [0.1, 0.15) is 11.6 Å². The lowest BCUT2D eigenvalue weighted by Crippen LogP contribution is -2.53. The van der Waals surface area contributed by atoms with E-state index in [1.807, 2.05) is 23.4 Å². The highest BCUT2D eigenvalue weighted by atomic mass is 19.1. The van der Waals surface area contributed by atoms with E-state index in [-0.39, 0.29) is 17.8 Å². The zero-order chi connectivity index (χ0) is 16.8. The molecule has 4 rings (SSSR count). The summed E-state index contributed by atoms with van der Waals surface area (Å²) < 4.78 is 20.9. The van der Waals surface area contributed by atoms with Gasteiger partial charge in [-0.15, -0.1) is 10.2 Å². The van der Waals surface area contributed by atoms with Crippen molar-refractivity contribution < 1.29 is 13.9 Å². The Bertz CT molecular complexity index is 806. The SMILES string of the molecule is Cc1nnc2n1CC(C(=O)N1CCOc3cc(F)ccc31)N(C)C2. The number of likely N-dealkylation sites (N-methyl/N-ethyl adjacent to an activating group) is 1. The molecule has 7 nitrogen and oxygen atoms in total. The van der Waals surface area contributed by atoms with E-state index in [0.29, 0.717) is 37.7 Å². The van der Waals surface area contributed by atoms with Gasteiger partial charge in [0.15, 0.2) is 0 Å². The van der Waals surface area contributed by atoms with Gasteiger partial charge in [0.25, 0.3) is 0 Å². The summed E-state index contributed by atoms with van der Waals surface area (Å²) in [4.78, 5) is 16.8. The second-order valence-electron chi connectivity index (χ2n) is 6.16. The van der Waals surface area contributed by atoms with Gasteiger partial charge >= 0.3 is 0 Å². The Balaban J connectivity index is 1.64. The number of carbonyl (C=O) groups is 1. The van der Waals surface area contributed by atoms with Crippen molar-refractivity contribution in [2.45, 2.75) is 26.1 Å². The molecule has 0 fully saturated rings. The molecule has 1 aromatic heterocycles. The molecule has 0 saturated heterocycles. The summed E-state index contributed by atoms with van der Waals surface area (Å²) in [5.74, 6) is 1.69. The number of fused-ring (bicyclic) bond motifs is 2. The van der Waals surface area contributed by atoms with Crippen molar-refractivity contribution in [2.24, 2.45) is 0 Å². The van der Waals surface area contributed by atoms with Gasteiger partial charge in [-0.05, 0) is 26.1 Å². The Morgan fingerprint density at radius 3 is 3.04 bits per heavy atom. The molecule has 0 saturated carbocycles. The molecular weight excluding hydrogens is 313 g/mol. The lowest BCUT2D eigenvalue weighted by atomic mass is 10.1. The maximum Gasteiger partial charge on any atom is 0.246 e. The van der Waals surface area contributed by atoms with Crippen LogP contribution in [0.3, 0.4) is 0 Å². The minimum absolute atomic E-state index is 0.0209. The van der Waals surface area contributed by atoms with Crippen LogP contribution in [0, 0.1) is 12.7 Å². The molecule has 1 aromatic carbocycles. The third kappa shape index (κ3) is 2.34. The Kier molecular flexibility index (Phi) is 3.49. The topological polar surface area (TPSA) is 63.5 Å². The Labute approximate surface area is 138 Å². The second kappa shape index (κ2) is 5.55. The Morgan fingerprint density at radius 1 is 1.38 bits per heavy atom. The number of carbonyl (C=O) groups excluding carboxylic acids is 1. The third-order valence-electron chi connectivity index (χ3n) is 4.63. The number of anilines is 1. The number of hydrogen-bond donors (Lipinski definition) is 0. The van der Waals surface area contributed by atoms with E-state index in [1.54, 1.807) is 11.0 Å². The molecule has 2 aromatic rings. The number of aromatic nitrogens is 3. The van der Waals surface area contributed by atoms with Gasteiger partial charge in [0, 0.05) is 6.07 Å². The molecule has 126 valence electrons. The van der Waals surface area contributed by atoms with Gasteiger partial charge in [0.2, 0.25) is 5.91 Å². The molecule has 24 heavy (non-hydrogen) atoms. The first-order chi connectivity index (χ1) is 11.5. The second-order valence-corrected chi connectivity index (χ2v) is 6.16. The van der Waals surface area contributed by atoms with E-state index in [4.69, 9.17) is 4.74 Å². The van der Waals surface area contributed by atoms with E-state index < -0.39 is 0 Å². The maximum absolute atomic E-state index is 13.4. The van der Waals surface area contributed by atoms with Crippen LogP contribution in [0.15, 0.2) is 18.2 Å². The highest BCUT2D eigenvalue weighted by molar-refractivity contribution is 5.98. The average Bonchev–Trinajstić information content (AvgIpc) is 2.92. The minimum atomic E-state index is -0.373. The molecule has 3 heterocycles. The molecular formula is C16H18FN5O2. The lowest BCUT2D eigenvalue weighted by molar-refractivity contribution is -0.125. The zero-order valence-corrected chi connectivity index (χ0v) is 13.6. The third-order valence-corrected chi connectivity index (χ3v) is 4.63. The van der Waals surface area contributed by atoms with E-state index in [0.717, 1.165) is 11.6 Å². The van der Waals surface area contributed by atoms with Gasteiger partial charge in [0.05, 0.1) is 25.3 Å². The van der Waals surface area contributed by atoms with Gasteiger partial charge in [-0.25, -0.2) is 4.39 Å². The van der Waals surface area contributed by atoms with Crippen molar-refractivity contribution in [3.05, 3.63) is 35.7 Å². The van der Waals surface area contributed by atoms with Crippen LogP contribution in [0.4, 0.5) is 10.1 Å². The summed E-state index contributed by atoms with van der Waals surface area (Å²) in [5, 5.41) is 8.23. The maximum atomic E-state index is 13.4. The number of ether oxygens (including phenoxy) is 1. The highest BCUT2D eigenvalue weighted by Crippen LogP contribution is 2.33. The number of benzene rings is 1. The van der Waals surface area contributed by atoms with Crippen molar-refractivity contribution >= 4 is 11.6 Å². The molecule has 0 spiro atoms. The smallest absolute Gasteiger partial charge is 0.246 e. The van der Waals surface area contributed by atoms with Crippen molar-refractivity contribution in [3.8, 4) is 5.75 Å². The molecule has 0 radical (unpaired) electrons. The summed E-state index contributed by atoms with van der Waals surface area (Å²) in [6.45, 7) is 3.77. The van der Waals surface area contributed by atoms with Crippen molar-refractivity contribution in [3.63, 3.8) is 0 Å². The zero-order valence-electron chi connectivity index (χ0n) is 13.6. The first-order valence-corrected chi connectivity index (χ1v) is 7.87. The predicted octanol–water partition coefficient (Wildman–Crippen LogP) is 0.965. The molecule has 0 bridgehead atoms. The van der Waals surface area contributed by atoms with E-state index in [1.165, 1.54) is 12.1 Å². The lowest BCUT2D eigenvalue weighted by Gasteiger charge is -2.37. The van der Waals surface area contributed by atoms with Crippen LogP contribution in [-0.4, -0.2) is 51.8 Å². The number of nitrogens with zero attached hydrogens (tertiary/aromatic N) is 5. The van der Waals surface area contributed by atoms with Crippen LogP contribution >= 0.6 is 0 Å². The molecule has 8 heteroatoms. The quantitative estimate of drug-likeness (QED) is 0.779. The van der Waals surface area contributed by atoms with Crippen LogP contribution in [-0.2, 0) is 17.9 Å². The van der Waals surface area contributed by atoms with E-state index >= 15 is 0 Å². The van der Waals surface area contributed by atoms with Crippen molar-refractivity contribution in [1.29, 1.82) is 0 Å². The van der Waals surface area contributed by atoms with Crippen LogP contribution in [0.2, 0.25) is 0 Å². The number of rotatable bonds is 1. The summed E-state index contributed by atoms with van der Waals surface area (Å²) in [6, 6.07) is 3.95. The van der Waals surface area contributed by atoms with E-state index in [9.17, 15) is 9.18 Å². The largest absolute Gasteiger partial charge is 0.489 e. The molecule has 0 N–H and O–H groups in total. The number of hydrogen-bond acceptors (Lipinski definition) is 5. The fraction of sp³-hybridized carbons (Fsp3) is 0.438. The molecule has 2 aliphatic rings. The first kappa shape index (κ1) is 15.1. The van der Waals surface area contributed by atoms with Gasteiger partial charge < -0.3 is 14.2 Å². The van der Waals surface area contributed by atoms with Gasteiger partial charge in [-0.2, -0.15) is 0 Å². The Morgan fingerprint density at radius 2 is 2.21 bits per heavy atom. The van der Waals surface area contributed by atoms with Gasteiger partial charge in [0.1, 0.15) is 35.9 Å². The van der Waals surface area contributed by atoms with Crippen molar-refractivity contribution in [2.75, 3.05) is 25.1 Å². The summed E-state index contributed by atoms with van der Waals surface area (Å²) in [6.07, 6.45) is 0. The first-order valence-electron chi connectivity index (χ1n) is 7.87. The number of halogens is 1. The standard InChI is InChI=1S/C16H18FN5O2/c1-10-18-19-15-9-20(2)13(8-22(10)15)16(23)21-5-6-24-14-7-11(17)3-4-12(14)21/h3-4,7,13H,5-6,8-9H2,1-2H3. The summed E-state index contributed by atoms with van der Waals surface area (Å²) in [7, 11) is 1.90. The molecule has 2 aliphatic heterocycles. The summed E-state index contributed by atoms with van der Waals surface area (Å²) >= 11 is 0. The van der Waals surface area contributed by atoms with E-state index in [2.05, 4.69) is 10.2 Å². The molecule has 0 aliphatic carbocycles. The van der Waals surface area contributed by atoms with Gasteiger partial charge in [-0.1, -0.05) is 0 Å². The number of aryl methyl sites for hydroxylation is 1. The fourth-order valence-electron chi connectivity index (χ4n) is 3.29. The average molecular weight is 331 g/mol.